The molecule has 162 valence electrons. The molecule has 8 nitrogen and oxygen atoms in total. The smallest absolute Gasteiger partial charge is 0.311 e. The molecular formula is C23H25N3O5. The molecule has 0 aromatic heterocycles. The van der Waals surface area contributed by atoms with Gasteiger partial charge in [0.15, 0.2) is 6.61 Å². The second kappa shape index (κ2) is 10.4. The van der Waals surface area contributed by atoms with E-state index in [2.05, 4.69) is 10.6 Å². The summed E-state index contributed by atoms with van der Waals surface area (Å²) in [4.78, 5) is 49.4. The summed E-state index contributed by atoms with van der Waals surface area (Å²) in [6.07, 6.45) is 0.808. The zero-order valence-electron chi connectivity index (χ0n) is 17.3. The lowest BCUT2D eigenvalue weighted by Gasteiger charge is -2.16. The van der Waals surface area contributed by atoms with Crippen LogP contribution in [0.1, 0.15) is 18.9 Å². The van der Waals surface area contributed by atoms with Gasteiger partial charge in [0.25, 0.3) is 5.91 Å². The Hall–Kier alpha value is -3.68. The van der Waals surface area contributed by atoms with E-state index in [1.54, 1.807) is 29.2 Å². The summed E-state index contributed by atoms with van der Waals surface area (Å²) in [5.41, 5.74) is 2.14. The maximum Gasteiger partial charge on any atom is 0.311 e. The van der Waals surface area contributed by atoms with Crippen molar-refractivity contribution in [1.29, 1.82) is 0 Å². The Balaban J connectivity index is 1.43. The minimum absolute atomic E-state index is 0.0860. The van der Waals surface area contributed by atoms with Crippen LogP contribution in [0, 0.1) is 5.92 Å². The lowest BCUT2D eigenvalue weighted by atomic mass is 10.1. The van der Waals surface area contributed by atoms with E-state index >= 15 is 0 Å². The van der Waals surface area contributed by atoms with Crippen LogP contribution in [-0.4, -0.2) is 48.3 Å². The van der Waals surface area contributed by atoms with E-state index in [-0.39, 0.29) is 18.2 Å². The van der Waals surface area contributed by atoms with Crippen molar-refractivity contribution in [2.45, 2.75) is 19.8 Å². The van der Waals surface area contributed by atoms with Gasteiger partial charge in [0, 0.05) is 37.8 Å². The SMILES string of the molecule is CC(=O)Nc1cccc(NC(=O)COC(=O)[C@H]2CC(=O)N(CCc3ccccc3)C2)c1. The summed E-state index contributed by atoms with van der Waals surface area (Å²) in [6.45, 7) is 1.78. The van der Waals surface area contributed by atoms with Crippen molar-refractivity contribution in [2.75, 3.05) is 30.3 Å². The number of hydrogen-bond donors (Lipinski definition) is 2. The first kappa shape index (κ1) is 22.0. The second-order valence-electron chi connectivity index (χ2n) is 7.39. The predicted octanol–water partition coefficient (Wildman–Crippen LogP) is 2.22. The van der Waals surface area contributed by atoms with Crippen LogP contribution >= 0.6 is 0 Å². The van der Waals surface area contributed by atoms with Crippen LogP contribution in [-0.2, 0) is 30.3 Å². The Morgan fingerprint density at radius 3 is 2.45 bits per heavy atom. The third-order valence-corrected chi connectivity index (χ3v) is 4.87. The Labute approximate surface area is 180 Å². The number of esters is 1. The van der Waals surface area contributed by atoms with E-state index in [0.717, 1.165) is 5.56 Å². The summed E-state index contributed by atoms with van der Waals surface area (Å²) >= 11 is 0. The molecule has 0 radical (unpaired) electrons. The monoisotopic (exact) mass is 423 g/mol. The highest BCUT2D eigenvalue weighted by Crippen LogP contribution is 2.20. The molecular weight excluding hydrogens is 398 g/mol. The van der Waals surface area contributed by atoms with Gasteiger partial charge in [0.1, 0.15) is 0 Å². The first-order valence-corrected chi connectivity index (χ1v) is 10.1. The summed E-state index contributed by atoms with van der Waals surface area (Å²) in [6, 6.07) is 16.5. The summed E-state index contributed by atoms with van der Waals surface area (Å²) < 4.78 is 5.11. The van der Waals surface area contributed by atoms with Crippen LogP contribution in [0.25, 0.3) is 0 Å². The molecule has 1 atom stereocenters. The molecule has 1 fully saturated rings. The molecule has 0 unspecified atom stereocenters. The zero-order valence-corrected chi connectivity index (χ0v) is 17.3. The van der Waals surface area contributed by atoms with Crippen LogP contribution in [0.2, 0.25) is 0 Å². The van der Waals surface area contributed by atoms with Crippen LogP contribution < -0.4 is 10.6 Å². The fourth-order valence-electron chi connectivity index (χ4n) is 3.38. The fraction of sp³-hybridized carbons (Fsp3) is 0.304. The third kappa shape index (κ3) is 6.67. The van der Waals surface area contributed by atoms with Gasteiger partial charge in [-0.3, -0.25) is 19.2 Å². The van der Waals surface area contributed by atoms with E-state index in [1.807, 2.05) is 30.3 Å². The molecule has 0 saturated carbocycles. The van der Waals surface area contributed by atoms with E-state index in [0.29, 0.717) is 30.9 Å². The molecule has 1 saturated heterocycles. The first-order chi connectivity index (χ1) is 14.9. The van der Waals surface area contributed by atoms with Gasteiger partial charge in [-0.25, -0.2) is 0 Å². The molecule has 2 aromatic rings. The maximum atomic E-state index is 12.3. The summed E-state index contributed by atoms with van der Waals surface area (Å²) in [5, 5.41) is 5.24. The fourth-order valence-corrected chi connectivity index (χ4v) is 3.38. The molecule has 3 rings (SSSR count). The van der Waals surface area contributed by atoms with Crippen molar-refractivity contribution >= 4 is 35.1 Å². The van der Waals surface area contributed by atoms with Gasteiger partial charge in [0.2, 0.25) is 11.8 Å². The number of rotatable bonds is 8. The summed E-state index contributed by atoms with van der Waals surface area (Å²) in [7, 11) is 0. The lowest BCUT2D eigenvalue weighted by molar-refractivity contribution is -0.151. The quantitative estimate of drug-likeness (QED) is 0.634. The van der Waals surface area contributed by atoms with Gasteiger partial charge in [-0.15, -0.1) is 0 Å². The number of likely N-dealkylation sites (tertiary alicyclic amines) is 1. The first-order valence-electron chi connectivity index (χ1n) is 10.1. The third-order valence-electron chi connectivity index (χ3n) is 4.87. The van der Waals surface area contributed by atoms with Gasteiger partial charge in [-0.2, -0.15) is 0 Å². The Morgan fingerprint density at radius 2 is 1.74 bits per heavy atom. The highest BCUT2D eigenvalue weighted by atomic mass is 16.5. The number of carbonyl (C=O) groups excluding carboxylic acids is 4. The molecule has 1 aliphatic heterocycles. The largest absolute Gasteiger partial charge is 0.455 e. The molecule has 0 bridgehead atoms. The molecule has 8 heteroatoms. The van der Waals surface area contributed by atoms with E-state index < -0.39 is 24.4 Å². The number of nitrogens with zero attached hydrogens (tertiary/aromatic N) is 1. The van der Waals surface area contributed by atoms with Crippen molar-refractivity contribution < 1.29 is 23.9 Å². The Morgan fingerprint density at radius 1 is 1.03 bits per heavy atom. The predicted molar refractivity (Wildman–Crippen MR) is 115 cm³/mol. The minimum Gasteiger partial charge on any atom is -0.455 e. The van der Waals surface area contributed by atoms with Gasteiger partial charge in [-0.1, -0.05) is 36.4 Å². The van der Waals surface area contributed by atoms with Crippen molar-refractivity contribution in [3.8, 4) is 0 Å². The molecule has 31 heavy (non-hydrogen) atoms. The molecule has 1 heterocycles. The van der Waals surface area contributed by atoms with Gasteiger partial charge >= 0.3 is 5.97 Å². The Bertz CT molecular complexity index is 961. The molecule has 3 amide bonds. The van der Waals surface area contributed by atoms with Crippen LogP contribution in [0.3, 0.4) is 0 Å². The number of amides is 3. The van der Waals surface area contributed by atoms with Gasteiger partial charge in [0.05, 0.1) is 5.92 Å². The van der Waals surface area contributed by atoms with E-state index in [9.17, 15) is 19.2 Å². The number of anilines is 2. The van der Waals surface area contributed by atoms with Crippen molar-refractivity contribution in [3.05, 3.63) is 60.2 Å². The van der Waals surface area contributed by atoms with Crippen LogP contribution in [0.15, 0.2) is 54.6 Å². The normalized spacial score (nSPS) is 15.5. The highest BCUT2D eigenvalue weighted by molar-refractivity contribution is 5.95. The molecule has 0 spiro atoms. The number of benzene rings is 2. The molecule has 2 aromatic carbocycles. The number of carbonyl (C=O) groups is 4. The number of hydrogen-bond acceptors (Lipinski definition) is 5. The van der Waals surface area contributed by atoms with Crippen LogP contribution in [0.5, 0.6) is 0 Å². The van der Waals surface area contributed by atoms with Crippen molar-refractivity contribution in [3.63, 3.8) is 0 Å². The molecule has 1 aliphatic rings. The van der Waals surface area contributed by atoms with Gasteiger partial charge in [-0.05, 0) is 30.2 Å². The summed E-state index contributed by atoms with van der Waals surface area (Å²) in [5.74, 6) is -1.94. The lowest BCUT2D eigenvalue weighted by Crippen LogP contribution is -2.29. The molecule has 2 N–H and O–H groups in total. The molecule has 0 aliphatic carbocycles. The van der Waals surface area contributed by atoms with Crippen LogP contribution in [0.4, 0.5) is 11.4 Å². The Kier molecular flexibility index (Phi) is 7.37. The van der Waals surface area contributed by atoms with Crippen molar-refractivity contribution in [2.24, 2.45) is 5.92 Å². The average Bonchev–Trinajstić information content (AvgIpc) is 3.12. The second-order valence-corrected chi connectivity index (χ2v) is 7.39. The van der Waals surface area contributed by atoms with Crippen molar-refractivity contribution in [1.82, 2.24) is 4.90 Å². The zero-order chi connectivity index (χ0) is 22.2. The van der Waals surface area contributed by atoms with Gasteiger partial charge < -0.3 is 20.3 Å². The minimum atomic E-state index is -0.570. The average molecular weight is 423 g/mol. The number of nitrogens with one attached hydrogen (secondary N) is 2. The number of ether oxygens (including phenoxy) is 1. The standard InChI is InChI=1S/C23H25N3O5/c1-16(27)24-19-8-5-9-20(13-19)25-21(28)15-31-23(30)18-12-22(29)26(14-18)11-10-17-6-3-2-4-7-17/h2-9,13,18H,10-12,14-15H2,1H3,(H,24,27)(H,25,28)/t18-/m0/s1. The van der Waals surface area contributed by atoms with E-state index in [1.165, 1.54) is 6.92 Å². The van der Waals surface area contributed by atoms with E-state index in [4.69, 9.17) is 4.74 Å². The maximum absolute atomic E-state index is 12.3. The topological polar surface area (TPSA) is 105 Å². The highest BCUT2D eigenvalue weighted by Gasteiger charge is 2.35.